The first kappa shape index (κ1) is 33.4. The number of nitrogens with zero attached hydrogens (tertiary/aromatic N) is 8. The summed E-state index contributed by atoms with van der Waals surface area (Å²) in [5, 5.41) is 15.7. The van der Waals surface area contributed by atoms with Crippen LogP contribution in [-0.4, -0.2) is 121 Å². The molecule has 7 rings (SSSR count). The number of piperidine rings is 1. The summed E-state index contributed by atoms with van der Waals surface area (Å²) in [4.78, 5) is 29.3. The molecule has 2 radical (unpaired) electrons. The molecule has 4 aromatic rings. The Morgan fingerprint density at radius 1 is 1.06 bits per heavy atom. The van der Waals surface area contributed by atoms with Crippen LogP contribution in [0.25, 0.3) is 22.3 Å². The first-order valence-electron chi connectivity index (χ1n) is 16.7. The smallest absolute Gasteiger partial charge is 0.378 e. The van der Waals surface area contributed by atoms with Gasteiger partial charge in [-0.2, -0.15) is 0 Å². The van der Waals surface area contributed by atoms with Crippen LogP contribution in [-0.2, 0) is 9.53 Å². The van der Waals surface area contributed by atoms with Crippen molar-refractivity contribution in [1.82, 2.24) is 34.4 Å². The number of likely N-dealkylation sites (tertiary alicyclic amines) is 1. The fraction of sp³-hybridized carbons (Fsp3) is 0.417. The molecular formula is C36H38AsFN8O3. The number of hydrogen-bond donors (Lipinski definition) is 0. The quantitative estimate of drug-likeness (QED) is 0.153. The van der Waals surface area contributed by atoms with Crippen molar-refractivity contribution >= 4 is 38.3 Å². The van der Waals surface area contributed by atoms with Gasteiger partial charge in [0.25, 0.3) is 0 Å². The van der Waals surface area contributed by atoms with Gasteiger partial charge >= 0.3 is 240 Å². The number of carbonyl (C=O) groups is 1. The molecule has 0 spiro atoms. The van der Waals surface area contributed by atoms with E-state index in [1.165, 1.54) is 12.4 Å². The predicted molar refractivity (Wildman–Crippen MR) is 183 cm³/mol. The third-order valence-electron chi connectivity index (χ3n) is 9.79. The number of piperazine rings is 1. The molecule has 252 valence electrons. The molecule has 3 aliphatic heterocycles. The third kappa shape index (κ3) is 6.86. The first-order valence-corrected chi connectivity index (χ1v) is 17.6. The molecule has 3 saturated heterocycles. The average molecular weight is 725 g/mol. The number of carbonyl (C=O) groups excluding carboxylic acids is 1. The van der Waals surface area contributed by atoms with E-state index in [9.17, 15) is 10.1 Å². The van der Waals surface area contributed by atoms with Gasteiger partial charge in [-0.05, 0) is 0 Å². The molecule has 11 nitrogen and oxygen atoms in total. The van der Waals surface area contributed by atoms with Crippen LogP contribution in [0.2, 0.25) is 0 Å². The molecule has 0 unspecified atom stereocenters. The zero-order chi connectivity index (χ0) is 34.1. The Hall–Kier alpha value is -4.14. The van der Waals surface area contributed by atoms with Crippen LogP contribution < -0.4 is 9.22 Å². The van der Waals surface area contributed by atoms with Gasteiger partial charge in [-0.25, -0.2) is 0 Å². The van der Waals surface area contributed by atoms with E-state index in [0.717, 1.165) is 52.2 Å². The van der Waals surface area contributed by atoms with Crippen molar-refractivity contribution in [3.63, 3.8) is 0 Å². The molecule has 0 aliphatic carbocycles. The molecule has 0 bridgehead atoms. The molecular weight excluding hydrogens is 686 g/mol. The predicted octanol–water partition coefficient (Wildman–Crippen LogP) is 3.63. The second-order valence-corrected chi connectivity index (χ2v) is 14.2. The summed E-state index contributed by atoms with van der Waals surface area (Å²) in [6.07, 6.45) is 4.76. The molecule has 3 aliphatic rings. The molecule has 13 heteroatoms. The van der Waals surface area contributed by atoms with Gasteiger partial charge < -0.3 is 4.74 Å². The van der Waals surface area contributed by atoms with Crippen LogP contribution in [0.15, 0.2) is 66.5 Å². The Labute approximate surface area is 293 Å². The normalized spacial score (nSPS) is 19.9. The molecule has 2 aromatic heterocycles. The summed E-state index contributed by atoms with van der Waals surface area (Å²) in [7, 11) is 0. The molecule has 3 fully saturated rings. The number of benzene rings is 2. The van der Waals surface area contributed by atoms with Gasteiger partial charge in [0, 0.05) is 26.2 Å². The molecule has 2 aromatic carbocycles. The van der Waals surface area contributed by atoms with Gasteiger partial charge in [0.2, 0.25) is 0 Å². The molecule has 0 saturated carbocycles. The summed E-state index contributed by atoms with van der Waals surface area (Å²) in [6, 6.07) is 16.4. The summed E-state index contributed by atoms with van der Waals surface area (Å²) >= 11 is 2.42. The van der Waals surface area contributed by atoms with Crippen LogP contribution in [0.5, 0.6) is 11.5 Å². The Kier molecular flexibility index (Phi) is 9.53. The van der Waals surface area contributed by atoms with Gasteiger partial charge in [-0.1, -0.05) is 0 Å². The number of hydrogen-bond acceptors (Lipinski definition) is 9. The van der Waals surface area contributed by atoms with E-state index in [1.54, 1.807) is 21.7 Å². The van der Waals surface area contributed by atoms with E-state index < -0.39 is 11.4 Å². The molecule has 49 heavy (non-hydrogen) atoms. The summed E-state index contributed by atoms with van der Waals surface area (Å²) < 4.78 is 29.3. The maximum absolute atomic E-state index is 15.7. The van der Waals surface area contributed by atoms with Crippen molar-refractivity contribution in [1.29, 1.82) is 5.26 Å². The fourth-order valence-corrected chi connectivity index (χ4v) is 7.51. The third-order valence-corrected chi connectivity index (χ3v) is 10.5. The number of nitriles is 1. The first-order chi connectivity index (χ1) is 23.7. The fourth-order valence-electron chi connectivity index (χ4n) is 6.97. The second-order valence-electron chi connectivity index (χ2n) is 13.3. The van der Waals surface area contributed by atoms with Crippen molar-refractivity contribution in [2.24, 2.45) is 0 Å². The number of rotatable bonds is 8. The van der Waals surface area contributed by atoms with E-state index in [4.69, 9.17) is 14.6 Å². The second kappa shape index (κ2) is 14.0. The maximum atomic E-state index is 15.7. The van der Waals surface area contributed by atoms with Crippen LogP contribution >= 0.6 is 0 Å². The van der Waals surface area contributed by atoms with Gasteiger partial charge in [0.05, 0.1) is 19.3 Å². The minimum atomic E-state index is -0.485. The number of halogens is 1. The Morgan fingerprint density at radius 2 is 1.84 bits per heavy atom. The summed E-state index contributed by atoms with van der Waals surface area (Å²) in [5.74, 6) is 0.209. The molecule has 1 atom stereocenters. The monoisotopic (exact) mass is 724 g/mol. The number of ether oxygens (including phenoxy) is 2. The number of amides is 1. The van der Waals surface area contributed by atoms with Gasteiger partial charge in [-0.15, -0.1) is 0 Å². The van der Waals surface area contributed by atoms with Gasteiger partial charge in [0.1, 0.15) is 0 Å². The Balaban J connectivity index is 1.11. The molecule has 1 amide bonds. The van der Waals surface area contributed by atoms with Crippen LogP contribution in [0.3, 0.4) is 0 Å². The van der Waals surface area contributed by atoms with Crippen LogP contribution in [0, 0.1) is 17.1 Å². The van der Waals surface area contributed by atoms with Crippen molar-refractivity contribution < 1.29 is 18.7 Å². The molecule has 5 heterocycles. The van der Waals surface area contributed by atoms with E-state index in [2.05, 4.69) is 56.5 Å². The number of fused-ring (bicyclic) bond motifs is 1. The average Bonchev–Trinajstić information content (AvgIpc) is 3.48. The van der Waals surface area contributed by atoms with E-state index in [0.29, 0.717) is 57.4 Å². The van der Waals surface area contributed by atoms with E-state index >= 15 is 4.39 Å². The topological polar surface area (TPSA) is 113 Å². The van der Waals surface area contributed by atoms with E-state index in [1.807, 2.05) is 36.4 Å². The number of para-hydroxylation sites is 1. The van der Waals surface area contributed by atoms with Gasteiger partial charge in [-0.3, -0.25) is 4.90 Å². The summed E-state index contributed by atoms with van der Waals surface area (Å²) in [6.45, 7) is 10.2. The minimum absolute atomic E-state index is 0.141. The standard InChI is InChI=1S/C36H38AsFN8O3/c1-36(2,45-15-13-43(14-16-45)26-21-48-22-26)18-24(19-39)35(47)44-12-6-7-25(20-44)46-34-31(33(37)40-23-41-34)32(42-46)29-11-10-28(17-30(29)38)49-27-8-4-3-5-9-27/h3-5,8-11,17-18,23,25-26H,6-7,12-16,20-22H2,1-2H3/b24-18-/t25-/m0/s1. The van der Waals surface area contributed by atoms with Crippen molar-refractivity contribution in [3.05, 3.63) is 72.3 Å². The van der Waals surface area contributed by atoms with Crippen molar-refractivity contribution in [3.8, 4) is 28.8 Å². The minimum Gasteiger partial charge on any atom is -0.378 e. The van der Waals surface area contributed by atoms with Crippen LogP contribution in [0.4, 0.5) is 4.39 Å². The molecule has 0 N–H and O–H groups in total. The zero-order valence-electron chi connectivity index (χ0n) is 27.6. The SMILES string of the molecule is CC(C)(/C=C(/C#N)C(=O)N1CCC[C@H](n2nc(-c3ccc(Oc4ccccc4)cc3F)c3c([As])ncnc32)C1)N1CCN(C2COC2)CC1. The zero-order valence-corrected chi connectivity index (χ0v) is 29.5. The Bertz CT molecular complexity index is 1910. The number of aromatic nitrogens is 4. The Morgan fingerprint density at radius 3 is 2.53 bits per heavy atom. The van der Waals surface area contributed by atoms with Crippen molar-refractivity contribution in [2.45, 2.75) is 44.3 Å². The summed E-state index contributed by atoms with van der Waals surface area (Å²) in [5.41, 5.74) is 0.955. The van der Waals surface area contributed by atoms with Crippen molar-refractivity contribution in [2.75, 3.05) is 52.5 Å². The van der Waals surface area contributed by atoms with Crippen LogP contribution in [0.1, 0.15) is 32.7 Å². The van der Waals surface area contributed by atoms with E-state index in [-0.39, 0.29) is 17.5 Å². The van der Waals surface area contributed by atoms with Gasteiger partial charge in [0.15, 0.2) is 0 Å².